The molecule has 0 unspecified atom stereocenters. The van der Waals surface area contributed by atoms with E-state index in [1.807, 2.05) is 55.5 Å². The van der Waals surface area contributed by atoms with Crippen LogP contribution in [-0.2, 0) is 6.54 Å². The van der Waals surface area contributed by atoms with Gasteiger partial charge >= 0.3 is 0 Å². The van der Waals surface area contributed by atoms with Crippen LogP contribution in [0.3, 0.4) is 0 Å². The molecule has 17 heavy (non-hydrogen) atoms. The first-order valence-corrected chi connectivity index (χ1v) is 5.61. The van der Waals surface area contributed by atoms with Crippen LogP contribution < -0.4 is 5.73 Å². The van der Waals surface area contributed by atoms with Gasteiger partial charge in [-0.1, -0.05) is 48.5 Å². The summed E-state index contributed by atoms with van der Waals surface area (Å²) < 4.78 is 0. The number of rotatable bonds is 3. The van der Waals surface area contributed by atoms with Crippen molar-refractivity contribution in [3.63, 3.8) is 0 Å². The minimum atomic E-state index is 0.0617. The van der Waals surface area contributed by atoms with Crippen molar-refractivity contribution in [3.8, 4) is 0 Å². The zero-order valence-corrected chi connectivity index (χ0v) is 9.81. The molecule has 2 heteroatoms. The van der Waals surface area contributed by atoms with E-state index < -0.39 is 0 Å². The van der Waals surface area contributed by atoms with Crippen LogP contribution in [0.15, 0.2) is 48.5 Å². The second-order valence-electron chi connectivity index (χ2n) is 4.05. The highest BCUT2D eigenvalue weighted by atomic mass is 16.1. The maximum atomic E-state index is 12.2. The van der Waals surface area contributed by atoms with Gasteiger partial charge in [0.05, 0.1) is 0 Å². The third kappa shape index (κ3) is 2.43. The first-order valence-electron chi connectivity index (χ1n) is 5.61. The molecule has 0 radical (unpaired) electrons. The predicted octanol–water partition coefficient (Wildman–Crippen LogP) is 2.68. The van der Waals surface area contributed by atoms with Gasteiger partial charge in [0, 0.05) is 17.7 Å². The van der Waals surface area contributed by atoms with Gasteiger partial charge < -0.3 is 5.73 Å². The summed E-state index contributed by atoms with van der Waals surface area (Å²) in [5.41, 5.74) is 9.02. The topological polar surface area (TPSA) is 43.1 Å². The Kier molecular flexibility index (Phi) is 3.35. The van der Waals surface area contributed by atoms with E-state index in [0.717, 1.165) is 16.7 Å². The Morgan fingerprint density at radius 3 is 2.29 bits per heavy atom. The average molecular weight is 225 g/mol. The Hall–Kier alpha value is -1.93. The lowest BCUT2D eigenvalue weighted by molar-refractivity contribution is 0.103. The van der Waals surface area contributed by atoms with Crippen molar-refractivity contribution < 1.29 is 4.79 Å². The lowest BCUT2D eigenvalue weighted by Crippen LogP contribution is -2.04. The molecule has 2 nitrogen and oxygen atoms in total. The molecule has 0 spiro atoms. The third-order valence-electron chi connectivity index (χ3n) is 2.84. The van der Waals surface area contributed by atoms with Crippen LogP contribution in [0.25, 0.3) is 0 Å². The second-order valence-corrected chi connectivity index (χ2v) is 4.05. The number of aryl methyl sites for hydroxylation is 1. The van der Waals surface area contributed by atoms with Gasteiger partial charge in [-0.25, -0.2) is 0 Å². The molecule has 0 aliphatic heterocycles. The maximum absolute atomic E-state index is 12.2. The van der Waals surface area contributed by atoms with E-state index >= 15 is 0 Å². The Labute approximate surface area is 101 Å². The van der Waals surface area contributed by atoms with Crippen LogP contribution in [0, 0.1) is 6.92 Å². The molecular formula is C15H15NO. The smallest absolute Gasteiger partial charge is 0.193 e. The molecule has 0 atom stereocenters. The van der Waals surface area contributed by atoms with E-state index in [-0.39, 0.29) is 5.78 Å². The van der Waals surface area contributed by atoms with Crippen LogP contribution in [0.4, 0.5) is 0 Å². The zero-order valence-electron chi connectivity index (χ0n) is 9.81. The molecule has 86 valence electrons. The molecule has 0 fully saturated rings. The fraction of sp³-hybridized carbons (Fsp3) is 0.133. The zero-order chi connectivity index (χ0) is 12.3. The van der Waals surface area contributed by atoms with Crippen molar-refractivity contribution in [3.05, 3.63) is 70.8 Å². The van der Waals surface area contributed by atoms with Crippen molar-refractivity contribution in [2.24, 2.45) is 5.73 Å². The summed E-state index contributed by atoms with van der Waals surface area (Å²) in [4.78, 5) is 12.2. The quantitative estimate of drug-likeness (QED) is 0.816. The van der Waals surface area contributed by atoms with Crippen molar-refractivity contribution in [1.82, 2.24) is 0 Å². The standard InChI is InChI=1S/C15H15NO/c1-11-4-2-3-5-14(11)15(17)13-8-6-12(10-16)7-9-13/h2-9H,10,16H2,1H3. The van der Waals surface area contributed by atoms with Gasteiger partial charge in [-0.15, -0.1) is 0 Å². The SMILES string of the molecule is Cc1ccccc1C(=O)c1ccc(CN)cc1. The fourth-order valence-electron chi connectivity index (χ4n) is 1.78. The summed E-state index contributed by atoms with van der Waals surface area (Å²) in [6.07, 6.45) is 0. The molecule has 0 aromatic heterocycles. The average Bonchev–Trinajstić information content (AvgIpc) is 2.39. The van der Waals surface area contributed by atoms with Gasteiger partial charge in [0.1, 0.15) is 0 Å². The van der Waals surface area contributed by atoms with E-state index in [9.17, 15) is 4.79 Å². The molecule has 2 rings (SSSR count). The molecule has 0 saturated carbocycles. The molecule has 0 aliphatic carbocycles. The van der Waals surface area contributed by atoms with Crippen LogP contribution in [0.2, 0.25) is 0 Å². The summed E-state index contributed by atoms with van der Waals surface area (Å²) in [5.74, 6) is 0.0617. The van der Waals surface area contributed by atoms with Crippen molar-refractivity contribution in [2.75, 3.05) is 0 Å². The van der Waals surface area contributed by atoms with Crippen LogP contribution in [0.1, 0.15) is 27.0 Å². The molecule has 2 N–H and O–H groups in total. The van der Waals surface area contributed by atoms with Gasteiger partial charge in [-0.3, -0.25) is 4.79 Å². The van der Waals surface area contributed by atoms with Crippen LogP contribution >= 0.6 is 0 Å². The number of hydrogen-bond donors (Lipinski definition) is 1. The predicted molar refractivity (Wildman–Crippen MR) is 68.9 cm³/mol. The molecule has 0 aliphatic rings. The Balaban J connectivity index is 2.34. The highest BCUT2D eigenvalue weighted by Gasteiger charge is 2.10. The number of carbonyl (C=O) groups is 1. The van der Waals surface area contributed by atoms with E-state index in [2.05, 4.69) is 0 Å². The van der Waals surface area contributed by atoms with Crippen molar-refractivity contribution >= 4 is 5.78 Å². The largest absolute Gasteiger partial charge is 0.326 e. The lowest BCUT2D eigenvalue weighted by Gasteiger charge is -2.05. The maximum Gasteiger partial charge on any atom is 0.193 e. The number of carbonyl (C=O) groups excluding carboxylic acids is 1. The van der Waals surface area contributed by atoms with E-state index in [1.165, 1.54) is 0 Å². The summed E-state index contributed by atoms with van der Waals surface area (Å²) in [6.45, 7) is 2.44. The molecular weight excluding hydrogens is 210 g/mol. The number of ketones is 1. The van der Waals surface area contributed by atoms with Crippen molar-refractivity contribution in [1.29, 1.82) is 0 Å². The van der Waals surface area contributed by atoms with Crippen LogP contribution in [0.5, 0.6) is 0 Å². The summed E-state index contributed by atoms with van der Waals surface area (Å²) in [7, 11) is 0. The van der Waals surface area contributed by atoms with Gasteiger partial charge in [0.25, 0.3) is 0 Å². The minimum Gasteiger partial charge on any atom is -0.326 e. The van der Waals surface area contributed by atoms with Gasteiger partial charge in [-0.05, 0) is 18.1 Å². The Morgan fingerprint density at radius 1 is 1.06 bits per heavy atom. The van der Waals surface area contributed by atoms with Gasteiger partial charge in [-0.2, -0.15) is 0 Å². The molecule has 0 amide bonds. The monoisotopic (exact) mass is 225 g/mol. The highest BCUT2D eigenvalue weighted by molar-refractivity contribution is 6.09. The third-order valence-corrected chi connectivity index (χ3v) is 2.84. The number of benzene rings is 2. The Morgan fingerprint density at radius 2 is 1.71 bits per heavy atom. The normalized spacial score (nSPS) is 10.2. The van der Waals surface area contributed by atoms with E-state index in [0.29, 0.717) is 12.1 Å². The molecule has 2 aromatic rings. The van der Waals surface area contributed by atoms with Gasteiger partial charge in [0.15, 0.2) is 5.78 Å². The first kappa shape index (κ1) is 11.6. The molecule has 0 saturated heterocycles. The summed E-state index contributed by atoms with van der Waals surface area (Å²) in [5, 5.41) is 0. The minimum absolute atomic E-state index is 0.0617. The first-order chi connectivity index (χ1) is 8.22. The summed E-state index contributed by atoms with van der Waals surface area (Å²) in [6, 6.07) is 15.1. The molecule has 0 heterocycles. The lowest BCUT2D eigenvalue weighted by atomic mass is 9.98. The number of hydrogen-bond acceptors (Lipinski definition) is 2. The van der Waals surface area contributed by atoms with Crippen LogP contribution in [-0.4, -0.2) is 5.78 Å². The fourth-order valence-corrected chi connectivity index (χ4v) is 1.78. The highest BCUT2D eigenvalue weighted by Crippen LogP contribution is 2.14. The number of nitrogens with two attached hydrogens (primary N) is 1. The van der Waals surface area contributed by atoms with E-state index in [1.54, 1.807) is 0 Å². The molecule has 2 aromatic carbocycles. The Bertz CT molecular complexity index is 529. The summed E-state index contributed by atoms with van der Waals surface area (Å²) >= 11 is 0. The van der Waals surface area contributed by atoms with E-state index in [4.69, 9.17) is 5.73 Å². The molecule has 0 bridgehead atoms. The second kappa shape index (κ2) is 4.93. The van der Waals surface area contributed by atoms with Gasteiger partial charge in [0.2, 0.25) is 0 Å². The van der Waals surface area contributed by atoms with Crippen molar-refractivity contribution in [2.45, 2.75) is 13.5 Å².